The third kappa shape index (κ3) is 3.61. The number of rotatable bonds is 4. The molecule has 1 rings (SSSR count). The molecule has 0 saturated carbocycles. The predicted molar refractivity (Wildman–Crippen MR) is 60.0 cm³/mol. The smallest absolute Gasteiger partial charge is 0.311 e. The van der Waals surface area contributed by atoms with Crippen LogP contribution in [0.2, 0.25) is 0 Å². The number of carbonyl (C=O) groups excluding carboxylic acids is 1. The molecule has 4 heteroatoms. The van der Waals surface area contributed by atoms with Gasteiger partial charge in [-0.1, -0.05) is 12.1 Å². The van der Waals surface area contributed by atoms with Gasteiger partial charge in [-0.25, -0.2) is 0 Å². The molecule has 1 aromatic rings. The van der Waals surface area contributed by atoms with E-state index in [4.69, 9.17) is 4.74 Å². The lowest BCUT2D eigenvalue weighted by molar-refractivity contribution is -0.134. The zero-order valence-electron chi connectivity index (χ0n) is 7.50. The molecule has 0 amide bonds. The zero-order chi connectivity index (χ0) is 10.4. The molecule has 0 saturated heterocycles. The second-order valence-corrected chi connectivity index (χ2v) is 3.86. The highest BCUT2D eigenvalue weighted by molar-refractivity contribution is 14.1. The Bertz CT molecular complexity index is 315. The number of hydrogen-bond donors (Lipinski definition) is 0. The second kappa shape index (κ2) is 5.95. The van der Waals surface area contributed by atoms with E-state index in [0.29, 0.717) is 5.75 Å². The van der Waals surface area contributed by atoms with E-state index in [0.717, 1.165) is 3.57 Å². The lowest BCUT2D eigenvalue weighted by Crippen LogP contribution is -2.08. The number of para-hydroxylation sites is 1. The lowest BCUT2D eigenvalue weighted by Gasteiger charge is -2.04. The summed E-state index contributed by atoms with van der Waals surface area (Å²) >= 11 is 2.08. The molecule has 0 bridgehead atoms. The van der Waals surface area contributed by atoms with Gasteiger partial charge >= 0.3 is 5.97 Å². The van der Waals surface area contributed by atoms with Crippen LogP contribution in [-0.2, 0) is 4.79 Å². The molecule has 14 heavy (non-hydrogen) atoms. The van der Waals surface area contributed by atoms with Gasteiger partial charge < -0.3 is 4.74 Å². The van der Waals surface area contributed by atoms with E-state index >= 15 is 0 Å². The zero-order valence-corrected chi connectivity index (χ0v) is 9.66. The monoisotopic (exact) mass is 307 g/mol. The predicted octanol–water partition coefficient (Wildman–Crippen LogP) is 2.95. The number of halogens is 2. The van der Waals surface area contributed by atoms with Gasteiger partial charge in [-0.3, -0.25) is 9.18 Å². The normalized spacial score (nSPS) is 9.86. The first-order chi connectivity index (χ1) is 6.74. The summed E-state index contributed by atoms with van der Waals surface area (Å²) in [6, 6.07) is 7.22. The van der Waals surface area contributed by atoms with Gasteiger partial charge in [0.15, 0.2) is 0 Å². The molecule has 76 valence electrons. The molecule has 0 aliphatic heterocycles. The number of esters is 1. The van der Waals surface area contributed by atoms with Crippen molar-refractivity contribution in [3.8, 4) is 5.75 Å². The summed E-state index contributed by atoms with van der Waals surface area (Å²) in [6.45, 7) is -0.485. The quantitative estimate of drug-likeness (QED) is 0.486. The minimum Gasteiger partial charge on any atom is -0.425 e. The topological polar surface area (TPSA) is 26.3 Å². The van der Waals surface area contributed by atoms with Crippen LogP contribution in [0, 0.1) is 3.57 Å². The van der Waals surface area contributed by atoms with Gasteiger partial charge in [0.1, 0.15) is 5.75 Å². The Morgan fingerprint density at radius 1 is 1.43 bits per heavy atom. The van der Waals surface area contributed by atoms with Gasteiger partial charge in [0.2, 0.25) is 0 Å². The summed E-state index contributed by atoms with van der Waals surface area (Å²) in [5.41, 5.74) is 0. The summed E-state index contributed by atoms with van der Waals surface area (Å²) in [5.74, 6) is 0.156. The molecule has 0 unspecified atom stereocenters. The van der Waals surface area contributed by atoms with Gasteiger partial charge in [0, 0.05) is 6.42 Å². The summed E-state index contributed by atoms with van der Waals surface area (Å²) in [5, 5.41) is 0. The molecule has 1 aromatic carbocycles. The molecule has 0 radical (unpaired) electrons. The van der Waals surface area contributed by atoms with E-state index in [1.807, 2.05) is 12.1 Å². The van der Waals surface area contributed by atoms with Crippen LogP contribution >= 0.6 is 22.6 Å². The van der Waals surface area contributed by atoms with Crippen molar-refractivity contribution in [2.75, 3.05) is 6.67 Å². The molecule has 0 N–H and O–H groups in total. The highest BCUT2D eigenvalue weighted by Gasteiger charge is 2.06. The standard InChI is InChI=1S/C10H10FIO2/c11-7-3-6-10(13)14-9-5-2-1-4-8(9)12/h1-2,4-5H,3,6-7H2/i11-1. The number of ether oxygens (including phenoxy) is 1. The van der Waals surface area contributed by atoms with Crippen LogP contribution in [0.25, 0.3) is 0 Å². The van der Waals surface area contributed by atoms with Crippen LogP contribution < -0.4 is 4.74 Å². The van der Waals surface area contributed by atoms with Crippen LogP contribution in [0.3, 0.4) is 0 Å². The summed E-state index contributed by atoms with van der Waals surface area (Å²) in [6.07, 6.45) is 0.351. The van der Waals surface area contributed by atoms with E-state index in [-0.39, 0.29) is 18.8 Å². The van der Waals surface area contributed by atoms with Crippen molar-refractivity contribution >= 4 is 28.6 Å². The molecule has 0 heterocycles. The van der Waals surface area contributed by atoms with Crippen molar-refractivity contribution in [2.45, 2.75) is 12.8 Å². The molecule has 0 spiro atoms. The van der Waals surface area contributed by atoms with E-state index < -0.39 is 6.67 Å². The van der Waals surface area contributed by atoms with Crippen molar-refractivity contribution in [2.24, 2.45) is 0 Å². The minimum atomic E-state index is -0.485. The summed E-state index contributed by atoms with van der Waals surface area (Å²) < 4.78 is 17.7. The molecule has 2 nitrogen and oxygen atoms in total. The maximum atomic E-state index is 11.8. The number of hydrogen-bond acceptors (Lipinski definition) is 2. The molecule has 0 aliphatic rings. The Morgan fingerprint density at radius 2 is 2.14 bits per heavy atom. The second-order valence-electron chi connectivity index (χ2n) is 2.70. The van der Waals surface area contributed by atoms with E-state index in [1.165, 1.54) is 0 Å². The fourth-order valence-corrected chi connectivity index (χ4v) is 1.41. The molecule has 0 aliphatic carbocycles. The SMILES string of the molecule is O=C(CCC[18F])Oc1ccccc1I. The third-order valence-corrected chi connectivity index (χ3v) is 2.47. The Morgan fingerprint density at radius 3 is 2.79 bits per heavy atom. The van der Waals surface area contributed by atoms with Crippen LogP contribution in [0.1, 0.15) is 12.8 Å². The van der Waals surface area contributed by atoms with Gasteiger partial charge in [-0.2, -0.15) is 0 Å². The van der Waals surface area contributed by atoms with Crippen LogP contribution in [0.5, 0.6) is 5.75 Å². The molecular formula is C10H10FIO2. The summed E-state index contributed by atoms with van der Waals surface area (Å²) in [7, 11) is 0. The molecule has 0 atom stereocenters. The number of carbonyl (C=O) groups is 1. The first-order valence-corrected chi connectivity index (χ1v) is 5.33. The average molecular weight is 307 g/mol. The van der Waals surface area contributed by atoms with Crippen LogP contribution in [0.15, 0.2) is 24.3 Å². The Labute approximate surface area is 95.6 Å². The Hall–Kier alpha value is -0.650. The maximum Gasteiger partial charge on any atom is 0.311 e. The van der Waals surface area contributed by atoms with E-state index in [1.54, 1.807) is 12.1 Å². The van der Waals surface area contributed by atoms with Crippen molar-refractivity contribution in [1.29, 1.82) is 0 Å². The first-order valence-electron chi connectivity index (χ1n) is 4.25. The summed E-state index contributed by atoms with van der Waals surface area (Å²) in [4.78, 5) is 11.1. The fraction of sp³-hybridized carbons (Fsp3) is 0.300. The Balaban J connectivity index is 2.52. The Kier molecular flexibility index (Phi) is 4.86. The van der Waals surface area contributed by atoms with Crippen molar-refractivity contribution in [3.63, 3.8) is 0 Å². The molecule has 0 aromatic heterocycles. The largest absolute Gasteiger partial charge is 0.425 e. The van der Waals surface area contributed by atoms with Crippen LogP contribution in [0.4, 0.5) is 4.39 Å². The van der Waals surface area contributed by atoms with Gasteiger partial charge in [0.05, 0.1) is 10.2 Å². The fourth-order valence-electron chi connectivity index (χ4n) is 0.912. The number of alkyl halides is 1. The average Bonchev–Trinajstić information content (AvgIpc) is 2.18. The minimum absolute atomic E-state index is 0.126. The van der Waals surface area contributed by atoms with Gasteiger partial charge in [0.25, 0.3) is 0 Å². The van der Waals surface area contributed by atoms with Crippen molar-refractivity contribution in [1.82, 2.24) is 0 Å². The maximum absolute atomic E-state index is 11.8. The van der Waals surface area contributed by atoms with Gasteiger partial charge in [-0.15, -0.1) is 0 Å². The molecule has 0 fully saturated rings. The van der Waals surface area contributed by atoms with Crippen molar-refractivity contribution < 1.29 is 13.9 Å². The van der Waals surface area contributed by atoms with Crippen molar-refractivity contribution in [3.05, 3.63) is 27.8 Å². The van der Waals surface area contributed by atoms with E-state index in [2.05, 4.69) is 22.6 Å². The number of benzene rings is 1. The third-order valence-electron chi connectivity index (χ3n) is 1.57. The van der Waals surface area contributed by atoms with E-state index in [9.17, 15) is 9.18 Å². The highest BCUT2D eigenvalue weighted by Crippen LogP contribution is 2.20. The van der Waals surface area contributed by atoms with Gasteiger partial charge in [-0.05, 0) is 41.1 Å². The van der Waals surface area contributed by atoms with Crippen LogP contribution in [-0.4, -0.2) is 12.6 Å². The first kappa shape index (κ1) is 11.4. The lowest BCUT2D eigenvalue weighted by atomic mass is 10.3. The molecular weight excluding hydrogens is 297 g/mol. The highest BCUT2D eigenvalue weighted by atomic mass is 127.